The van der Waals surface area contributed by atoms with Gasteiger partial charge >= 0.3 is 0 Å². The predicted octanol–water partition coefficient (Wildman–Crippen LogP) is 3.94. The minimum atomic E-state index is 0.835. The number of rotatable bonds is 5. The summed E-state index contributed by atoms with van der Waals surface area (Å²) in [5.41, 5.74) is 0. The van der Waals surface area contributed by atoms with E-state index in [1.54, 1.807) is 0 Å². The molecule has 88 valence electrons. The molecule has 1 heterocycles. The highest BCUT2D eigenvalue weighted by atomic mass is 32.2. The first kappa shape index (κ1) is 11.8. The van der Waals surface area contributed by atoms with Gasteiger partial charge < -0.3 is 5.32 Å². The lowest BCUT2D eigenvalue weighted by atomic mass is 10.4. The van der Waals surface area contributed by atoms with Crippen LogP contribution in [-0.2, 0) is 0 Å². The molecule has 1 saturated carbocycles. The number of aromatic nitrogens is 1. The molecule has 0 unspecified atom stereocenters. The van der Waals surface area contributed by atoms with Crippen LogP contribution in [0.4, 0.5) is 5.82 Å². The van der Waals surface area contributed by atoms with Crippen LogP contribution in [0, 0.1) is 0 Å². The van der Waals surface area contributed by atoms with E-state index in [9.17, 15) is 0 Å². The van der Waals surface area contributed by atoms with Crippen LogP contribution in [0.1, 0.15) is 39.0 Å². The van der Waals surface area contributed by atoms with Crippen LogP contribution in [0.25, 0.3) is 0 Å². The molecule has 1 aromatic rings. The lowest BCUT2D eigenvalue weighted by molar-refractivity contribution is 0.886. The number of anilines is 1. The highest BCUT2D eigenvalue weighted by molar-refractivity contribution is 8.00. The lowest BCUT2D eigenvalue weighted by Gasteiger charge is -2.10. The molecule has 1 fully saturated rings. The Balaban J connectivity index is 1.92. The molecule has 1 aliphatic rings. The molecule has 0 atom stereocenters. The van der Waals surface area contributed by atoms with Crippen LogP contribution in [0.15, 0.2) is 23.2 Å². The largest absolute Gasteiger partial charge is 0.370 e. The molecule has 0 spiro atoms. The zero-order valence-electron chi connectivity index (χ0n) is 9.91. The topological polar surface area (TPSA) is 24.9 Å². The van der Waals surface area contributed by atoms with Gasteiger partial charge in [0.1, 0.15) is 5.82 Å². The summed E-state index contributed by atoms with van der Waals surface area (Å²) < 4.78 is 0. The number of pyridine rings is 1. The Kier molecular flexibility index (Phi) is 4.52. The van der Waals surface area contributed by atoms with Gasteiger partial charge in [0.2, 0.25) is 0 Å². The van der Waals surface area contributed by atoms with E-state index in [2.05, 4.69) is 29.4 Å². The third-order valence-corrected chi connectivity index (χ3v) is 4.22. The average Bonchev–Trinajstić information content (AvgIpc) is 2.80. The van der Waals surface area contributed by atoms with E-state index in [4.69, 9.17) is 0 Å². The second-order valence-electron chi connectivity index (χ2n) is 4.33. The molecule has 1 aromatic heterocycles. The molecule has 0 bridgehead atoms. The maximum atomic E-state index is 4.33. The second kappa shape index (κ2) is 6.14. The second-order valence-corrected chi connectivity index (χ2v) is 5.70. The van der Waals surface area contributed by atoms with Crippen molar-refractivity contribution < 1.29 is 0 Å². The number of hydrogen-bond donors (Lipinski definition) is 1. The van der Waals surface area contributed by atoms with Gasteiger partial charge in [-0.1, -0.05) is 19.8 Å². The molecule has 0 saturated heterocycles. The van der Waals surface area contributed by atoms with Gasteiger partial charge in [-0.2, -0.15) is 0 Å². The van der Waals surface area contributed by atoms with E-state index in [1.807, 2.05) is 18.0 Å². The van der Waals surface area contributed by atoms with E-state index >= 15 is 0 Å². The quantitative estimate of drug-likeness (QED) is 0.838. The van der Waals surface area contributed by atoms with Gasteiger partial charge in [0.15, 0.2) is 0 Å². The van der Waals surface area contributed by atoms with E-state index < -0.39 is 0 Å². The van der Waals surface area contributed by atoms with Gasteiger partial charge in [0.05, 0.1) is 0 Å². The Labute approximate surface area is 102 Å². The standard InChI is InChI=1S/C13H20N2S/c1-2-8-14-13-10-12(7-9-15-13)16-11-5-3-4-6-11/h7,9-11H,2-6,8H2,1H3,(H,14,15). The van der Waals surface area contributed by atoms with Gasteiger partial charge in [-0.15, -0.1) is 11.8 Å². The van der Waals surface area contributed by atoms with Crippen LogP contribution in [-0.4, -0.2) is 16.8 Å². The third kappa shape index (κ3) is 3.41. The van der Waals surface area contributed by atoms with Crippen molar-refractivity contribution >= 4 is 17.6 Å². The maximum absolute atomic E-state index is 4.33. The molecule has 0 radical (unpaired) electrons. The number of nitrogens with one attached hydrogen (secondary N) is 1. The lowest BCUT2D eigenvalue weighted by Crippen LogP contribution is -2.01. The summed E-state index contributed by atoms with van der Waals surface area (Å²) in [4.78, 5) is 5.69. The zero-order valence-corrected chi connectivity index (χ0v) is 10.7. The smallest absolute Gasteiger partial charge is 0.126 e. The number of nitrogens with zero attached hydrogens (tertiary/aromatic N) is 1. The molecule has 2 rings (SSSR count). The van der Waals surface area contributed by atoms with Gasteiger partial charge in [0, 0.05) is 22.9 Å². The first-order valence-electron chi connectivity index (χ1n) is 6.25. The zero-order chi connectivity index (χ0) is 11.2. The van der Waals surface area contributed by atoms with Crippen LogP contribution in [0.5, 0.6) is 0 Å². The molecule has 0 aromatic carbocycles. The predicted molar refractivity (Wildman–Crippen MR) is 71.1 cm³/mol. The van der Waals surface area contributed by atoms with Gasteiger partial charge in [0.25, 0.3) is 0 Å². The fraction of sp³-hybridized carbons (Fsp3) is 0.615. The van der Waals surface area contributed by atoms with Crippen LogP contribution < -0.4 is 5.32 Å². The van der Waals surface area contributed by atoms with Crippen LogP contribution in [0.2, 0.25) is 0 Å². The van der Waals surface area contributed by atoms with Crippen molar-refractivity contribution in [3.05, 3.63) is 18.3 Å². The Morgan fingerprint density at radius 2 is 2.25 bits per heavy atom. The number of thioether (sulfide) groups is 1. The Hall–Kier alpha value is -0.700. The van der Waals surface area contributed by atoms with Gasteiger partial charge in [-0.3, -0.25) is 0 Å². The highest BCUT2D eigenvalue weighted by Crippen LogP contribution is 2.34. The van der Waals surface area contributed by atoms with E-state index in [-0.39, 0.29) is 0 Å². The van der Waals surface area contributed by atoms with Crippen LogP contribution >= 0.6 is 11.8 Å². The Bertz CT molecular complexity index is 321. The maximum Gasteiger partial charge on any atom is 0.126 e. The third-order valence-electron chi connectivity index (χ3n) is 2.89. The van der Waals surface area contributed by atoms with Gasteiger partial charge in [-0.25, -0.2) is 4.98 Å². The van der Waals surface area contributed by atoms with Crippen molar-refractivity contribution in [1.82, 2.24) is 4.98 Å². The van der Waals surface area contributed by atoms with Crippen molar-refractivity contribution in [2.75, 3.05) is 11.9 Å². The fourth-order valence-corrected chi connectivity index (χ4v) is 3.31. The molecule has 1 aliphatic carbocycles. The molecule has 2 nitrogen and oxygen atoms in total. The SMILES string of the molecule is CCCNc1cc(SC2CCCC2)ccn1. The monoisotopic (exact) mass is 236 g/mol. The summed E-state index contributed by atoms with van der Waals surface area (Å²) in [7, 11) is 0. The summed E-state index contributed by atoms with van der Waals surface area (Å²) >= 11 is 2.02. The molecule has 1 N–H and O–H groups in total. The van der Waals surface area contributed by atoms with E-state index in [0.29, 0.717) is 0 Å². The summed E-state index contributed by atoms with van der Waals surface area (Å²) in [6, 6.07) is 4.30. The molecular formula is C13H20N2S. The van der Waals surface area contributed by atoms with Crippen molar-refractivity contribution in [2.24, 2.45) is 0 Å². The van der Waals surface area contributed by atoms with Crippen molar-refractivity contribution in [3.8, 4) is 0 Å². The van der Waals surface area contributed by atoms with E-state index in [1.165, 1.54) is 30.6 Å². The minimum absolute atomic E-state index is 0.835. The first-order valence-corrected chi connectivity index (χ1v) is 7.13. The number of hydrogen-bond acceptors (Lipinski definition) is 3. The molecule has 0 aliphatic heterocycles. The summed E-state index contributed by atoms with van der Waals surface area (Å²) in [6.07, 6.45) is 8.62. The Morgan fingerprint density at radius 1 is 1.44 bits per heavy atom. The molecule has 16 heavy (non-hydrogen) atoms. The average molecular weight is 236 g/mol. The summed E-state index contributed by atoms with van der Waals surface area (Å²) in [5.74, 6) is 1.02. The Morgan fingerprint density at radius 3 is 3.00 bits per heavy atom. The molecule has 3 heteroatoms. The normalized spacial score (nSPS) is 16.6. The highest BCUT2D eigenvalue weighted by Gasteiger charge is 2.16. The van der Waals surface area contributed by atoms with Crippen molar-refractivity contribution in [3.63, 3.8) is 0 Å². The van der Waals surface area contributed by atoms with Gasteiger partial charge in [-0.05, 0) is 31.4 Å². The van der Waals surface area contributed by atoms with Crippen molar-refractivity contribution in [2.45, 2.75) is 49.2 Å². The minimum Gasteiger partial charge on any atom is -0.370 e. The fourth-order valence-electron chi connectivity index (χ4n) is 2.03. The molecular weight excluding hydrogens is 216 g/mol. The molecule has 0 amide bonds. The van der Waals surface area contributed by atoms with Crippen LogP contribution in [0.3, 0.4) is 0 Å². The summed E-state index contributed by atoms with van der Waals surface area (Å²) in [6.45, 7) is 3.18. The van der Waals surface area contributed by atoms with Crippen molar-refractivity contribution in [1.29, 1.82) is 0 Å². The summed E-state index contributed by atoms with van der Waals surface area (Å²) in [5, 5.41) is 4.17. The first-order chi connectivity index (χ1) is 7.88. The van der Waals surface area contributed by atoms with E-state index in [0.717, 1.165) is 24.0 Å².